The van der Waals surface area contributed by atoms with Crippen molar-refractivity contribution in [2.45, 2.75) is 6.61 Å². The maximum absolute atomic E-state index is 10.9. The molecule has 4 aromatic rings. The first-order chi connectivity index (χ1) is 13.7. The van der Waals surface area contributed by atoms with E-state index in [2.05, 4.69) is 15.0 Å². The van der Waals surface area contributed by atoms with Gasteiger partial charge in [0.25, 0.3) is 5.69 Å². The van der Waals surface area contributed by atoms with Crippen LogP contribution in [0.2, 0.25) is 0 Å². The molecule has 2 heterocycles. The second-order valence-electron chi connectivity index (χ2n) is 6.10. The molecule has 0 aliphatic heterocycles. The summed E-state index contributed by atoms with van der Waals surface area (Å²) < 4.78 is 5.92. The fourth-order valence-electron chi connectivity index (χ4n) is 2.77. The average molecular weight is 372 g/mol. The highest BCUT2D eigenvalue weighted by Gasteiger charge is 2.09. The van der Waals surface area contributed by atoms with Crippen LogP contribution in [0.15, 0.2) is 67.0 Å². The number of non-ortho nitro benzene ring substituents is 1. The maximum Gasteiger partial charge on any atom is 0.271 e. The van der Waals surface area contributed by atoms with Gasteiger partial charge in [-0.05, 0) is 30.4 Å². The van der Waals surface area contributed by atoms with Gasteiger partial charge in [0.1, 0.15) is 18.2 Å². The van der Waals surface area contributed by atoms with Crippen LogP contribution in [0.1, 0.15) is 17.0 Å². The van der Waals surface area contributed by atoms with Crippen molar-refractivity contribution in [1.82, 2.24) is 15.0 Å². The Morgan fingerprint density at radius 1 is 1.11 bits per heavy atom. The van der Waals surface area contributed by atoms with Gasteiger partial charge in [0.05, 0.1) is 16.0 Å². The Morgan fingerprint density at radius 3 is 2.82 bits per heavy atom. The third-order valence-corrected chi connectivity index (χ3v) is 4.15. The fraction of sp³-hybridized carbons (Fsp3) is 0.0476. The summed E-state index contributed by atoms with van der Waals surface area (Å²) in [4.78, 5) is 22.1. The molecule has 2 aromatic carbocycles. The minimum atomic E-state index is -0.425. The Labute approximate surface area is 160 Å². The topological polar surface area (TPSA) is 93.9 Å². The predicted molar refractivity (Wildman–Crippen MR) is 107 cm³/mol. The number of pyridine rings is 1. The summed E-state index contributed by atoms with van der Waals surface area (Å²) in [5.74, 6) is 1.35. The molecule has 0 saturated heterocycles. The zero-order valence-electron chi connectivity index (χ0n) is 14.8. The minimum absolute atomic E-state index is 0.0285. The van der Waals surface area contributed by atoms with Gasteiger partial charge in [0.15, 0.2) is 0 Å². The molecular formula is C21H16N4O3. The number of aromatic amines is 1. The van der Waals surface area contributed by atoms with Crippen LogP contribution in [0, 0.1) is 10.1 Å². The Kier molecular flexibility index (Phi) is 4.79. The first-order valence-corrected chi connectivity index (χ1v) is 8.62. The van der Waals surface area contributed by atoms with Gasteiger partial charge < -0.3 is 9.72 Å². The first-order valence-electron chi connectivity index (χ1n) is 8.62. The first kappa shape index (κ1) is 17.4. The second-order valence-corrected chi connectivity index (χ2v) is 6.10. The van der Waals surface area contributed by atoms with Gasteiger partial charge >= 0.3 is 0 Å². The van der Waals surface area contributed by atoms with Crippen molar-refractivity contribution in [3.8, 4) is 5.75 Å². The van der Waals surface area contributed by atoms with Crippen molar-refractivity contribution in [3.63, 3.8) is 0 Å². The molecule has 0 bridgehead atoms. The van der Waals surface area contributed by atoms with Crippen molar-refractivity contribution in [2.75, 3.05) is 0 Å². The molecule has 0 amide bonds. The molecule has 0 aliphatic rings. The van der Waals surface area contributed by atoms with Gasteiger partial charge in [-0.15, -0.1) is 0 Å². The Balaban J connectivity index is 1.54. The number of para-hydroxylation sites is 1. The van der Waals surface area contributed by atoms with E-state index in [4.69, 9.17) is 4.74 Å². The summed E-state index contributed by atoms with van der Waals surface area (Å²) in [7, 11) is 0. The molecule has 0 fully saturated rings. The zero-order valence-corrected chi connectivity index (χ0v) is 14.8. The number of nitrogens with one attached hydrogen (secondary N) is 1. The Morgan fingerprint density at radius 2 is 2.00 bits per heavy atom. The summed E-state index contributed by atoms with van der Waals surface area (Å²) in [6.45, 7) is 0.424. The number of nitro benzene ring substituents is 1. The highest BCUT2D eigenvalue weighted by Crippen LogP contribution is 2.23. The molecule has 2 aromatic heterocycles. The largest absolute Gasteiger partial charge is 0.488 e. The lowest BCUT2D eigenvalue weighted by Crippen LogP contribution is -1.97. The van der Waals surface area contributed by atoms with E-state index in [1.807, 2.05) is 48.6 Å². The fourth-order valence-corrected chi connectivity index (χ4v) is 2.77. The molecule has 0 saturated carbocycles. The van der Waals surface area contributed by atoms with Crippen LogP contribution in [0.5, 0.6) is 5.75 Å². The van der Waals surface area contributed by atoms with Gasteiger partial charge in [0.2, 0.25) is 0 Å². The van der Waals surface area contributed by atoms with Crippen LogP contribution in [-0.4, -0.2) is 19.9 Å². The highest BCUT2D eigenvalue weighted by molar-refractivity contribution is 5.81. The number of nitro groups is 1. The summed E-state index contributed by atoms with van der Waals surface area (Å²) in [5.41, 5.74) is 3.21. The number of benzene rings is 2. The number of hydrogen-bond donors (Lipinski definition) is 1. The van der Waals surface area contributed by atoms with Crippen molar-refractivity contribution in [2.24, 2.45) is 0 Å². The average Bonchev–Trinajstić information content (AvgIpc) is 3.14. The van der Waals surface area contributed by atoms with Crippen LogP contribution in [0.3, 0.4) is 0 Å². The van der Waals surface area contributed by atoms with Crippen LogP contribution in [-0.2, 0) is 6.61 Å². The number of H-pyrrole nitrogens is 1. The number of aromatic nitrogens is 3. The lowest BCUT2D eigenvalue weighted by Gasteiger charge is -2.08. The van der Waals surface area contributed by atoms with E-state index < -0.39 is 4.92 Å². The Bertz CT molecular complexity index is 1150. The quantitative estimate of drug-likeness (QED) is 0.394. The Hall–Kier alpha value is -4.00. The zero-order chi connectivity index (χ0) is 19.3. The molecule has 0 aliphatic carbocycles. The molecule has 28 heavy (non-hydrogen) atoms. The number of ether oxygens (including phenoxy) is 1. The van der Waals surface area contributed by atoms with Gasteiger partial charge in [-0.3, -0.25) is 15.1 Å². The third kappa shape index (κ3) is 3.88. The smallest absolute Gasteiger partial charge is 0.271 e. The summed E-state index contributed by atoms with van der Waals surface area (Å²) in [6, 6.07) is 16.1. The summed E-state index contributed by atoms with van der Waals surface area (Å²) in [6.07, 6.45) is 7.21. The molecule has 0 spiro atoms. The summed E-state index contributed by atoms with van der Waals surface area (Å²) >= 11 is 0. The highest BCUT2D eigenvalue weighted by atomic mass is 16.6. The molecule has 7 heteroatoms. The van der Waals surface area contributed by atoms with Crippen LogP contribution in [0.4, 0.5) is 5.69 Å². The SMILES string of the molecule is O=[N+]([O-])c1ccc2nc(C=Cc3ccccc3OCc3cccnc3)[nH]c2c1. The minimum Gasteiger partial charge on any atom is -0.488 e. The molecular weight excluding hydrogens is 356 g/mol. The van der Waals surface area contributed by atoms with Crippen LogP contribution >= 0.6 is 0 Å². The normalized spacial score (nSPS) is 11.1. The van der Waals surface area contributed by atoms with E-state index in [0.29, 0.717) is 23.5 Å². The number of fused-ring (bicyclic) bond motifs is 1. The second kappa shape index (κ2) is 7.71. The molecule has 0 atom stereocenters. The van der Waals surface area contributed by atoms with Crippen molar-refractivity contribution in [1.29, 1.82) is 0 Å². The van der Waals surface area contributed by atoms with Gasteiger partial charge in [-0.25, -0.2) is 4.98 Å². The van der Waals surface area contributed by atoms with Crippen molar-refractivity contribution >= 4 is 28.9 Å². The van der Waals surface area contributed by atoms with E-state index >= 15 is 0 Å². The van der Waals surface area contributed by atoms with Gasteiger partial charge in [0, 0.05) is 35.7 Å². The van der Waals surface area contributed by atoms with Crippen molar-refractivity contribution < 1.29 is 9.66 Å². The van der Waals surface area contributed by atoms with E-state index in [0.717, 1.165) is 16.9 Å². The maximum atomic E-state index is 10.9. The lowest BCUT2D eigenvalue weighted by molar-refractivity contribution is -0.384. The molecule has 0 unspecified atom stereocenters. The van der Waals surface area contributed by atoms with E-state index in [-0.39, 0.29) is 5.69 Å². The third-order valence-electron chi connectivity index (χ3n) is 4.15. The number of nitrogens with zero attached hydrogens (tertiary/aromatic N) is 3. The van der Waals surface area contributed by atoms with Crippen molar-refractivity contribution in [3.05, 3.63) is 94.1 Å². The lowest BCUT2D eigenvalue weighted by atomic mass is 10.2. The van der Waals surface area contributed by atoms with Crippen LogP contribution < -0.4 is 4.74 Å². The summed E-state index contributed by atoms with van der Waals surface area (Å²) in [5, 5.41) is 10.9. The van der Waals surface area contributed by atoms with E-state index in [9.17, 15) is 10.1 Å². The number of imidazole rings is 1. The number of rotatable bonds is 6. The monoisotopic (exact) mass is 372 g/mol. The van der Waals surface area contributed by atoms with Crippen LogP contribution in [0.25, 0.3) is 23.2 Å². The molecule has 138 valence electrons. The molecule has 0 radical (unpaired) electrons. The predicted octanol–water partition coefficient (Wildman–Crippen LogP) is 4.62. The number of hydrogen-bond acceptors (Lipinski definition) is 5. The molecule has 7 nitrogen and oxygen atoms in total. The van der Waals surface area contributed by atoms with Gasteiger partial charge in [-0.1, -0.05) is 24.3 Å². The van der Waals surface area contributed by atoms with E-state index in [1.165, 1.54) is 12.1 Å². The standard InChI is InChI=1S/C21H16N4O3/c26-25(27)17-8-9-18-19(12-17)24-21(23-18)10-7-16-5-1-2-6-20(16)28-14-15-4-3-11-22-13-15/h1-13H,14H2,(H,23,24). The van der Waals surface area contributed by atoms with Gasteiger partial charge in [-0.2, -0.15) is 0 Å². The molecule has 1 N–H and O–H groups in total. The van der Waals surface area contributed by atoms with E-state index in [1.54, 1.807) is 18.5 Å². The molecule has 4 rings (SSSR count).